The zero-order valence-electron chi connectivity index (χ0n) is 13.4. The average Bonchev–Trinajstić information content (AvgIpc) is 2.55. The Balaban J connectivity index is 2.04. The highest BCUT2D eigenvalue weighted by Crippen LogP contribution is 2.25. The van der Waals surface area contributed by atoms with E-state index in [1.165, 1.54) is 0 Å². The number of anilines is 1. The second kappa shape index (κ2) is 8.18. The van der Waals surface area contributed by atoms with Gasteiger partial charge in [-0.3, -0.25) is 9.59 Å². The van der Waals surface area contributed by atoms with Gasteiger partial charge in [-0.2, -0.15) is 0 Å². The number of amides is 2. The first-order chi connectivity index (χ1) is 11.4. The molecule has 0 aliphatic heterocycles. The third kappa shape index (κ3) is 4.98. The molecule has 6 heteroatoms. The summed E-state index contributed by atoms with van der Waals surface area (Å²) < 4.78 is 0. The molecule has 0 fully saturated rings. The lowest BCUT2D eigenvalue weighted by atomic mass is 10.1. The van der Waals surface area contributed by atoms with E-state index in [0.717, 1.165) is 0 Å². The second-order valence-corrected chi connectivity index (χ2v) is 6.60. The van der Waals surface area contributed by atoms with Crippen molar-refractivity contribution in [3.63, 3.8) is 0 Å². The van der Waals surface area contributed by atoms with Gasteiger partial charge < -0.3 is 10.6 Å². The number of benzene rings is 2. The number of hydrogen-bond acceptors (Lipinski definition) is 2. The number of hydrogen-bond donors (Lipinski definition) is 2. The quantitative estimate of drug-likeness (QED) is 0.812. The van der Waals surface area contributed by atoms with Gasteiger partial charge in [0.25, 0.3) is 11.8 Å². The number of carbonyl (C=O) groups is 2. The fourth-order valence-corrected chi connectivity index (χ4v) is 2.41. The maximum absolute atomic E-state index is 12.2. The average molecular weight is 365 g/mol. The highest BCUT2D eigenvalue weighted by Gasteiger charge is 2.11. The summed E-state index contributed by atoms with van der Waals surface area (Å²) in [7, 11) is 0. The summed E-state index contributed by atoms with van der Waals surface area (Å²) >= 11 is 11.9. The summed E-state index contributed by atoms with van der Waals surface area (Å²) in [5, 5.41) is 6.40. The molecular formula is C18H18Cl2N2O2. The summed E-state index contributed by atoms with van der Waals surface area (Å²) in [6.45, 7) is 4.65. The van der Waals surface area contributed by atoms with Gasteiger partial charge in [-0.05, 0) is 48.4 Å². The maximum Gasteiger partial charge on any atom is 0.255 e. The standard InChI is InChI=1S/C18H18Cl2N2O2/c1-11(2)10-21-17(23)12-3-5-13(6-4-12)18(24)22-16-8-7-14(19)9-15(16)20/h3-9,11H,10H2,1-2H3,(H,21,23)(H,22,24). The summed E-state index contributed by atoms with van der Waals surface area (Å²) in [6.07, 6.45) is 0. The van der Waals surface area contributed by atoms with Crippen LogP contribution in [0.1, 0.15) is 34.6 Å². The van der Waals surface area contributed by atoms with Crippen molar-refractivity contribution in [3.05, 3.63) is 63.6 Å². The third-order valence-electron chi connectivity index (χ3n) is 3.26. The van der Waals surface area contributed by atoms with E-state index in [4.69, 9.17) is 23.2 Å². The Bertz CT molecular complexity index is 743. The molecule has 0 saturated heterocycles. The molecule has 0 atom stereocenters. The van der Waals surface area contributed by atoms with E-state index < -0.39 is 0 Å². The van der Waals surface area contributed by atoms with Gasteiger partial charge in [0.1, 0.15) is 0 Å². The molecule has 0 aliphatic carbocycles. The van der Waals surface area contributed by atoms with Gasteiger partial charge >= 0.3 is 0 Å². The third-order valence-corrected chi connectivity index (χ3v) is 3.81. The van der Waals surface area contributed by atoms with Crippen LogP contribution in [-0.4, -0.2) is 18.4 Å². The normalized spacial score (nSPS) is 10.5. The summed E-state index contributed by atoms with van der Waals surface area (Å²) in [5.74, 6) is -0.0899. The molecule has 2 N–H and O–H groups in total. The van der Waals surface area contributed by atoms with Gasteiger partial charge in [0.2, 0.25) is 0 Å². The van der Waals surface area contributed by atoms with Gasteiger partial charge in [-0.25, -0.2) is 0 Å². The van der Waals surface area contributed by atoms with E-state index in [9.17, 15) is 9.59 Å². The minimum Gasteiger partial charge on any atom is -0.352 e. The van der Waals surface area contributed by atoms with Crippen molar-refractivity contribution < 1.29 is 9.59 Å². The fourth-order valence-electron chi connectivity index (χ4n) is 1.96. The molecule has 2 aromatic carbocycles. The Labute approximate surface area is 151 Å². The molecule has 0 unspecified atom stereocenters. The van der Waals surface area contributed by atoms with E-state index in [0.29, 0.717) is 39.3 Å². The van der Waals surface area contributed by atoms with Crippen LogP contribution in [0.3, 0.4) is 0 Å². The molecular weight excluding hydrogens is 347 g/mol. The van der Waals surface area contributed by atoms with Crippen LogP contribution in [0.4, 0.5) is 5.69 Å². The largest absolute Gasteiger partial charge is 0.352 e. The van der Waals surface area contributed by atoms with Crippen LogP contribution < -0.4 is 10.6 Å². The Morgan fingerprint density at radius 2 is 1.54 bits per heavy atom. The predicted molar refractivity (Wildman–Crippen MR) is 98.0 cm³/mol. The maximum atomic E-state index is 12.2. The van der Waals surface area contributed by atoms with Crippen LogP contribution in [0.25, 0.3) is 0 Å². The smallest absolute Gasteiger partial charge is 0.255 e. The van der Waals surface area contributed by atoms with E-state index in [2.05, 4.69) is 10.6 Å². The molecule has 2 aromatic rings. The molecule has 0 radical (unpaired) electrons. The van der Waals surface area contributed by atoms with Crippen LogP contribution in [0.5, 0.6) is 0 Å². The zero-order valence-corrected chi connectivity index (χ0v) is 14.9. The van der Waals surface area contributed by atoms with E-state index >= 15 is 0 Å². The van der Waals surface area contributed by atoms with Gasteiger partial charge in [0.05, 0.1) is 10.7 Å². The van der Waals surface area contributed by atoms with Crippen molar-refractivity contribution in [1.29, 1.82) is 0 Å². The fraction of sp³-hybridized carbons (Fsp3) is 0.222. The molecule has 0 saturated carbocycles. The van der Waals surface area contributed by atoms with Crippen molar-refractivity contribution in [3.8, 4) is 0 Å². The first-order valence-electron chi connectivity index (χ1n) is 7.51. The minimum absolute atomic E-state index is 0.156. The lowest BCUT2D eigenvalue weighted by Crippen LogP contribution is -2.27. The molecule has 2 amide bonds. The van der Waals surface area contributed by atoms with E-state index in [1.807, 2.05) is 13.8 Å². The van der Waals surface area contributed by atoms with Crippen LogP contribution in [0.2, 0.25) is 10.0 Å². The number of carbonyl (C=O) groups excluding carboxylic acids is 2. The first kappa shape index (κ1) is 18.3. The monoisotopic (exact) mass is 364 g/mol. The summed E-state index contributed by atoms with van der Waals surface area (Å²) in [5.41, 5.74) is 1.42. The second-order valence-electron chi connectivity index (χ2n) is 5.76. The molecule has 4 nitrogen and oxygen atoms in total. The van der Waals surface area contributed by atoms with Crippen molar-refractivity contribution in [2.75, 3.05) is 11.9 Å². The Kier molecular flexibility index (Phi) is 6.23. The van der Waals surface area contributed by atoms with Crippen molar-refractivity contribution in [2.24, 2.45) is 5.92 Å². The van der Waals surface area contributed by atoms with Crippen LogP contribution in [-0.2, 0) is 0 Å². The topological polar surface area (TPSA) is 58.2 Å². The molecule has 126 valence electrons. The van der Waals surface area contributed by atoms with Gasteiger partial charge in [0.15, 0.2) is 0 Å². The SMILES string of the molecule is CC(C)CNC(=O)c1ccc(C(=O)Nc2ccc(Cl)cc2Cl)cc1. The lowest BCUT2D eigenvalue weighted by Gasteiger charge is -2.09. The van der Waals surface area contributed by atoms with Gasteiger partial charge in [-0.1, -0.05) is 37.0 Å². The zero-order chi connectivity index (χ0) is 17.7. The molecule has 0 spiro atoms. The number of nitrogens with one attached hydrogen (secondary N) is 2. The summed E-state index contributed by atoms with van der Waals surface area (Å²) in [6, 6.07) is 11.3. The van der Waals surface area contributed by atoms with Gasteiger partial charge in [0, 0.05) is 22.7 Å². The molecule has 24 heavy (non-hydrogen) atoms. The lowest BCUT2D eigenvalue weighted by molar-refractivity contribution is 0.0947. The molecule has 0 bridgehead atoms. The van der Waals surface area contributed by atoms with Gasteiger partial charge in [-0.15, -0.1) is 0 Å². The van der Waals surface area contributed by atoms with Crippen LogP contribution >= 0.6 is 23.2 Å². The highest BCUT2D eigenvalue weighted by atomic mass is 35.5. The molecule has 2 rings (SSSR count). The molecule has 0 heterocycles. The number of rotatable bonds is 5. The molecule has 0 aromatic heterocycles. The van der Waals surface area contributed by atoms with Crippen LogP contribution in [0, 0.1) is 5.92 Å². The van der Waals surface area contributed by atoms with E-state index in [1.54, 1.807) is 42.5 Å². The van der Waals surface area contributed by atoms with Crippen molar-refractivity contribution in [2.45, 2.75) is 13.8 Å². The number of halogens is 2. The predicted octanol–water partition coefficient (Wildman–Crippen LogP) is 4.63. The Hall–Kier alpha value is -2.04. The van der Waals surface area contributed by atoms with Crippen molar-refractivity contribution >= 4 is 40.7 Å². The minimum atomic E-state index is -0.312. The van der Waals surface area contributed by atoms with E-state index in [-0.39, 0.29) is 11.8 Å². The first-order valence-corrected chi connectivity index (χ1v) is 8.27. The highest BCUT2D eigenvalue weighted by molar-refractivity contribution is 6.36. The summed E-state index contributed by atoms with van der Waals surface area (Å²) in [4.78, 5) is 24.2. The Morgan fingerprint density at radius 1 is 0.958 bits per heavy atom. The molecule has 0 aliphatic rings. The van der Waals surface area contributed by atoms with Crippen molar-refractivity contribution in [1.82, 2.24) is 5.32 Å². The van der Waals surface area contributed by atoms with Crippen LogP contribution in [0.15, 0.2) is 42.5 Å². The Morgan fingerprint density at radius 3 is 2.08 bits per heavy atom.